The van der Waals surface area contributed by atoms with Gasteiger partial charge in [-0.1, -0.05) is 36.4 Å². The van der Waals surface area contributed by atoms with Crippen LogP contribution in [0.4, 0.5) is 11.6 Å². The lowest BCUT2D eigenvalue weighted by Gasteiger charge is -2.09. The van der Waals surface area contributed by atoms with Crippen molar-refractivity contribution in [1.82, 2.24) is 14.8 Å². The van der Waals surface area contributed by atoms with Crippen molar-refractivity contribution >= 4 is 11.6 Å². The Hall–Kier alpha value is -2.62. The molecule has 0 unspecified atom stereocenters. The minimum absolute atomic E-state index is 0.718. The monoisotopic (exact) mass is 250 g/mol. The minimum Gasteiger partial charge on any atom is -0.324 e. The molecule has 0 saturated heterocycles. The predicted octanol–water partition coefficient (Wildman–Crippen LogP) is 3.32. The summed E-state index contributed by atoms with van der Waals surface area (Å²) in [7, 11) is 0. The number of para-hydroxylation sites is 2. The normalized spacial score (nSPS) is 10.4. The molecule has 3 aromatic rings. The molecule has 0 atom stereocenters. The van der Waals surface area contributed by atoms with Gasteiger partial charge in [-0.05, 0) is 31.2 Å². The second-order valence-electron chi connectivity index (χ2n) is 4.23. The molecule has 94 valence electrons. The Morgan fingerprint density at radius 2 is 1.47 bits per heavy atom. The van der Waals surface area contributed by atoms with E-state index in [1.807, 2.05) is 72.2 Å². The highest BCUT2D eigenvalue weighted by atomic mass is 15.3. The zero-order valence-electron chi connectivity index (χ0n) is 10.6. The summed E-state index contributed by atoms with van der Waals surface area (Å²) in [6.07, 6.45) is 0. The number of nitrogens with one attached hydrogen (secondary N) is 1. The first-order valence-electron chi connectivity index (χ1n) is 6.14. The zero-order chi connectivity index (χ0) is 13.1. The van der Waals surface area contributed by atoms with Crippen LogP contribution in [-0.2, 0) is 0 Å². The third-order valence-electron chi connectivity index (χ3n) is 2.87. The van der Waals surface area contributed by atoms with Crippen molar-refractivity contribution in [2.45, 2.75) is 6.92 Å². The molecule has 19 heavy (non-hydrogen) atoms. The van der Waals surface area contributed by atoms with Crippen LogP contribution in [0.3, 0.4) is 0 Å². The number of rotatable bonds is 3. The fourth-order valence-corrected chi connectivity index (χ4v) is 1.98. The molecule has 1 aromatic heterocycles. The van der Waals surface area contributed by atoms with Gasteiger partial charge in [-0.25, -0.2) is 0 Å². The number of nitrogens with zero attached hydrogens (tertiary/aromatic N) is 3. The Morgan fingerprint density at radius 1 is 0.842 bits per heavy atom. The summed E-state index contributed by atoms with van der Waals surface area (Å²) in [5, 5.41) is 11.6. The average molecular weight is 250 g/mol. The maximum atomic E-state index is 4.19. The third-order valence-corrected chi connectivity index (χ3v) is 2.87. The first kappa shape index (κ1) is 11.5. The highest BCUT2D eigenvalue weighted by Gasteiger charge is 2.10. The van der Waals surface area contributed by atoms with Gasteiger partial charge in [-0.2, -0.15) is 0 Å². The fourth-order valence-electron chi connectivity index (χ4n) is 1.98. The summed E-state index contributed by atoms with van der Waals surface area (Å²) < 4.78 is 1.99. The van der Waals surface area contributed by atoms with Gasteiger partial charge in [0.1, 0.15) is 5.82 Å². The van der Waals surface area contributed by atoms with Crippen molar-refractivity contribution < 1.29 is 0 Å². The van der Waals surface area contributed by atoms with E-state index in [4.69, 9.17) is 0 Å². The van der Waals surface area contributed by atoms with Crippen LogP contribution in [0.1, 0.15) is 5.82 Å². The van der Waals surface area contributed by atoms with Gasteiger partial charge >= 0.3 is 0 Å². The van der Waals surface area contributed by atoms with Gasteiger partial charge in [0.15, 0.2) is 0 Å². The first-order valence-corrected chi connectivity index (χ1v) is 6.14. The Morgan fingerprint density at radius 3 is 2.16 bits per heavy atom. The van der Waals surface area contributed by atoms with Crippen LogP contribution in [0.25, 0.3) is 5.69 Å². The maximum Gasteiger partial charge on any atom is 0.233 e. The van der Waals surface area contributed by atoms with E-state index in [2.05, 4.69) is 15.5 Å². The summed E-state index contributed by atoms with van der Waals surface area (Å²) in [5.74, 6) is 1.57. The van der Waals surface area contributed by atoms with E-state index in [9.17, 15) is 0 Å². The van der Waals surface area contributed by atoms with E-state index in [-0.39, 0.29) is 0 Å². The lowest BCUT2D eigenvalue weighted by Crippen LogP contribution is -2.03. The molecule has 0 bridgehead atoms. The van der Waals surface area contributed by atoms with Gasteiger partial charge in [0.2, 0.25) is 5.95 Å². The molecule has 1 N–H and O–H groups in total. The van der Waals surface area contributed by atoms with E-state index in [1.165, 1.54) is 0 Å². The molecule has 0 aliphatic heterocycles. The van der Waals surface area contributed by atoms with Crippen LogP contribution in [0.5, 0.6) is 0 Å². The van der Waals surface area contributed by atoms with E-state index in [0.29, 0.717) is 0 Å². The van der Waals surface area contributed by atoms with Crippen LogP contribution < -0.4 is 5.32 Å². The van der Waals surface area contributed by atoms with Crippen LogP contribution in [0.15, 0.2) is 60.7 Å². The van der Waals surface area contributed by atoms with Crippen LogP contribution in [-0.4, -0.2) is 14.8 Å². The lowest BCUT2D eigenvalue weighted by molar-refractivity contribution is 0.972. The summed E-state index contributed by atoms with van der Waals surface area (Å²) in [4.78, 5) is 0. The number of anilines is 2. The van der Waals surface area contributed by atoms with Gasteiger partial charge < -0.3 is 5.32 Å². The number of hydrogen-bond donors (Lipinski definition) is 1. The first-order chi connectivity index (χ1) is 9.34. The Bertz CT molecular complexity index is 659. The summed E-state index contributed by atoms with van der Waals surface area (Å²) >= 11 is 0. The SMILES string of the molecule is Cc1nnc(Nc2ccccc2)n1-c1ccccc1. The fraction of sp³-hybridized carbons (Fsp3) is 0.0667. The molecular weight excluding hydrogens is 236 g/mol. The summed E-state index contributed by atoms with van der Waals surface area (Å²) in [6, 6.07) is 20.0. The molecular formula is C15H14N4. The second kappa shape index (κ2) is 4.94. The number of hydrogen-bond acceptors (Lipinski definition) is 3. The molecule has 0 fully saturated rings. The number of benzene rings is 2. The molecule has 0 radical (unpaired) electrons. The van der Waals surface area contributed by atoms with Crippen molar-refractivity contribution in [2.24, 2.45) is 0 Å². The molecule has 1 heterocycles. The molecule has 0 spiro atoms. The number of aromatic nitrogens is 3. The van der Waals surface area contributed by atoms with Gasteiger partial charge in [-0.15, -0.1) is 10.2 Å². The van der Waals surface area contributed by atoms with Gasteiger partial charge in [0, 0.05) is 5.69 Å². The van der Waals surface area contributed by atoms with Crippen molar-refractivity contribution in [2.75, 3.05) is 5.32 Å². The lowest BCUT2D eigenvalue weighted by atomic mass is 10.3. The smallest absolute Gasteiger partial charge is 0.233 e. The van der Waals surface area contributed by atoms with Crippen molar-refractivity contribution in [1.29, 1.82) is 0 Å². The van der Waals surface area contributed by atoms with Crippen LogP contribution in [0, 0.1) is 6.92 Å². The highest BCUT2D eigenvalue weighted by molar-refractivity contribution is 5.55. The van der Waals surface area contributed by atoms with Crippen molar-refractivity contribution in [3.05, 3.63) is 66.5 Å². The van der Waals surface area contributed by atoms with Gasteiger partial charge in [0.25, 0.3) is 0 Å². The highest BCUT2D eigenvalue weighted by Crippen LogP contribution is 2.19. The molecule has 4 nitrogen and oxygen atoms in total. The van der Waals surface area contributed by atoms with E-state index < -0.39 is 0 Å². The molecule has 0 aliphatic rings. The molecule has 0 saturated carbocycles. The van der Waals surface area contributed by atoms with Gasteiger partial charge in [-0.3, -0.25) is 4.57 Å². The van der Waals surface area contributed by atoms with Crippen LogP contribution >= 0.6 is 0 Å². The Labute approximate surface area is 111 Å². The van der Waals surface area contributed by atoms with E-state index >= 15 is 0 Å². The van der Waals surface area contributed by atoms with E-state index in [0.717, 1.165) is 23.1 Å². The summed E-state index contributed by atoms with van der Waals surface area (Å²) in [5.41, 5.74) is 2.04. The van der Waals surface area contributed by atoms with Crippen molar-refractivity contribution in [3.63, 3.8) is 0 Å². The van der Waals surface area contributed by atoms with Crippen LogP contribution in [0.2, 0.25) is 0 Å². The Balaban J connectivity index is 2.00. The molecule has 0 amide bonds. The minimum atomic E-state index is 0.718. The predicted molar refractivity (Wildman–Crippen MR) is 75.8 cm³/mol. The maximum absolute atomic E-state index is 4.19. The largest absolute Gasteiger partial charge is 0.324 e. The van der Waals surface area contributed by atoms with E-state index in [1.54, 1.807) is 0 Å². The van der Waals surface area contributed by atoms with Gasteiger partial charge in [0.05, 0.1) is 5.69 Å². The topological polar surface area (TPSA) is 42.7 Å². The quantitative estimate of drug-likeness (QED) is 0.775. The zero-order valence-corrected chi connectivity index (χ0v) is 10.6. The molecule has 3 rings (SSSR count). The molecule has 2 aromatic carbocycles. The molecule has 4 heteroatoms. The second-order valence-corrected chi connectivity index (χ2v) is 4.23. The molecule has 0 aliphatic carbocycles. The standard InChI is InChI=1S/C15H14N4/c1-12-17-18-15(16-13-8-4-2-5-9-13)19(12)14-10-6-3-7-11-14/h2-11H,1H3,(H,16,18). The Kier molecular flexibility index (Phi) is 2.98. The summed E-state index contributed by atoms with van der Waals surface area (Å²) in [6.45, 7) is 1.94. The third kappa shape index (κ3) is 2.33. The average Bonchev–Trinajstić information content (AvgIpc) is 2.82. The van der Waals surface area contributed by atoms with Crippen molar-refractivity contribution in [3.8, 4) is 5.69 Å². The number of aryl methyl sites for hydroxylation is 1.